The summed E-state index contributed by atoms with van der Waals surface area (Å²) in [6.07, 6.45) is 3.33. The zero-order chi connectivity index (χ0) is 11.8. The van der Waals surface area contributed by atoms with Crippen LogP contribution in [0.2, 0.25) is 0 Å². The Labute approximate surface area is 89.9 Å². The number of nitrogens with two attached hydrogens (primary N) is 1. The van der Waals surface area contributed by atoms with Crippen LogP contribution >= 0.6 is 0 Å². The summed E-state index contributed by atoms with van der Waals surface area (Å²) in [7, 11) is 3.18. The van der Waals surface area contributed by atoms with Crippen LogP contribution in [0.4, 0.5) is 0 Å². The van der Waals surface area contributed by atoms with Gasteiger partial charge in [0, 0.05) is 26.8 Å². The van der Waals surface area contributed by atoms with E-state index in [0.29, 0.717) is 6.61 Å². The summed E-state index contributed by atoms with van der Waals surface area (Å²) in [6, 6.07) is -0.712. The van der Waals surface area contributed by atoms with Crippen molar-refractivity contribution in [3.63, 3.8) is 0 Å². The van der Waals surface area contributed by atoms with Crippen LogP contribution in [0.1, 0.15) is 13.3 Å². The van der Waals surface area contributed by atoms with Gasteiger partial charge in [-0.2, -0.15) is 0 Å². The van der Waals surface area contributed by atoms with Crippen LogP contribution in [0.5, 0.6) is 0 Å². The van der Waals surface area contributed by atoms with Gasteiger partial charge in [-0.25, -0.2) is 0 Å². The van der Waals surface area contributed by atoms with Gasteiger partial charge in [-0.3, -0.25) is 9.59 Å². The molecule has 0 rings (SSSR count). The number of Topliss-reactive ketones (excluding diaryl/α,β-unsaturated/α-hetero) is 1. The molecule has 0 aromatic rings. The van der Waals surface area contributed by atoms with Gasteiger partial charge < -0.3 is 15.4 Å². The Kier molecular flexibility index (Phi) is 6.57. The number of nitrogens with zero attached hydrogens (tertiary/aromatic N) is 1. The smallest absolute Gasteiger partial charge is 0.228 e. The highest BCUT2D eigenvalue weighted by molar-refractivity contribution is 5.88. The first-order chi connectivity index (χ1) is 6.99. The zero-order valence-electron chi connectivity index (χ0n) is 9.40. The monoisotopic (exact) mass is 214 g/mol. The summed E-state index contributed by atoms with van der Waals surface area (Å²) in [4.78, 5) is 23.7. The fourth-order valence-electron chi connectivity index (χ4n) is 0.856. The number of rotatable bonds is 6. The largest absolute Gasteiger partial charge is 0.381 e. The first-order valence-electron chi connectivity index (χ1n) is 4.66. The molecule has 0 saturated carbocycles. The lowest BCUT2D eigenvalue weighted by Crippen LogP contribution is -2.35. The van der Waals surface area contributed by atoms with E-state index in [4.69, 9.17) is 10.5 Å². The number of ether oxygens (including phenoxy) is 1. The fourth-order valence-corrected chi connectivity index (χ4v) is 0.856. The molecule has 0 saturated heterocycles. The van der Waals surface area contributed by atoms with Crippen LogP contribution in [-0.4, -0.2) is 43.4 Å². The van der Waals surface area contributed by atoms with E-state index in [1.165, 1.54) is 11.8 Å². The van der Waals surface area contributed by atoms with Crippen LogP contribution in [0.25, 0.3) is 0 Å². The molecule has 0 heterocycles. The number of hydrogen-bond donors (Lipinski definition) is 1. The topological polar surface area (TPSA) is 72.6 Å². The molecule has 1 atom stereocenters. The number of methoxy groups -OCH3 is 1. The third kappa shape index (κ3) is 5.98. The molecule has 0 aliphatic rings. The Morgan fingerprint density at radius 3 is 2.60 bits per heavy atom. The van der Waals surface area contributed by atoms with E-state index >= 15 is 0 Å². The third-order valence-electron chi connectivity index (χ3n) is 1.90. The average molecular weight is 214 g/mol. The van der Waals surface area contributed by atoms with Crippen LogP contribution in [0.15, 0.2) is 12.3 Å². The summed E-state index contributed by atoms with van der Waals surface area (Å²) in [5.74, 6) is -0.373. The van der Waals surface area contributed by atoms with Gasteiger partial charge in [-0.1, -0.05) is 0 Å². The number of carbonyl (C=O) groups is 2. The van der Waals surface area contributed by atoms with Crippen LogP contribution in [-0.2, 0) is 14.3 Å². The Balaban J connectivity index is 4.04. The third-order valence-corrected chi connectivity index (χ3v) is 1.90. The van der Waals surface area contributed by atoms with Crippen molar-refractivity contribution < 1.29 is 14.3 Å². The van der Waals surface area contributed by atoms with E-state index in [2.05, 4.69) is 0 Å². The summed E-state index contributed by atoms with van der Waals surface area (Å²) in [6.45, 7) is 1.81. The SMILES string of the molecule is COC/C=C/N(C)C(=O)CC(N)C(C)=O. The van der Waals surface area contributed by atoms with Gasteiger partial charge in [0.15, 0.2) is 0 Å². The van der Waals surface area contributed by atoms with Crippen molar-refractivity contribution in [3.8, 4) is 0 Å². The van der Waals surface area contributed by atoms with Crippen molar-refractivity contribution >= 4 is 11.7 Å². The molecule has 5 nitrogen and oxygen atoms in total. The first-order valence-corrected chi connectivity index (χ1v) is 4.66. The van der Waals surface area contributed by atoms with E-state index in [0.717, 1.165) is 0 Å². The predicted octanol–water partition coefficient (Wildman–Crippen LogP) is -0.0887. The van der Waals surface area contributed by atoms with E-state index in [1.807, 2.05) is 0 Å². The summed E-state index contributed by atoms with van der Waals surface area (Å²) in [5.41, 5.74) is 5.46. The van der Waals surface area contributed by atoms with Crippen LogP contribution in [0, 0.1) is 0 Å². The number of carbonyl (C=O) groups excluding carboxylic acids is 2. The van der Waals surface area contributed by atoms with Crippen molar-refractivity contribution in [1.82, 2.24) is 4.90 Å². The average Bonchev–Trinajstić information content (AvgIpc) is 2.17. The zero-order valence-corrected chi connectivity index (χ0v) is 9.40. The van der Waals surface area contributed by atoms with Crippen LogP contribution < -0.4 is 5.73 Å². The van der Waals surface area contributed by atoms with Gasteiger partial charge >= 0.3 is 0 Å². The van der Waals surface area contributed by atoms with Crippen molar-refractivity contribution in [1.29, 1.82) is 0 Å². The molecule has 0 aliphatic heterocycles. The molecule has 5 heteroatoms. The maximum Gasteiger partial charge on any atom is 0.228 e. The minimum Gasteiger partial charge on any atom is -0.381 e. The molecule has 1 amide bonds. The number of ketones is 1. The normalized spacial score (nSPS) is 12.8. The minimum atomic E-state index is -0.712. The number of amides is 1. The molecule has 0 radical (unpaired) electrons. The highest BCUT2D eigenvalue weighted by atomic mass is 16.5. The van der Waals surface area contributed by atoms with Gasteiger partial charge in [0.2, 0.25) is 5.91 Å². The van der Waals surface area contributed by atoms with E-state index < -0.39 is 6.04 Å². The second kappa shape index (κ2) is 7.14. The summed E-state index contributed by atoms with van der Waals surface area (Å²) < 4.78 is 4.79. The summed E-state index contributed by atoms with van der Waals surface area (Å²) >= 11 is 0. The Bertz CT molecular complexity index is 251. The molecule has 0 spiro atoms. The molecule has 0 aromatic heterocycles. The predicted molar refractivity (Wildman–Crippen MR) is 57.1 cm³/mol. The van der Waals surface area contributed by atoms with Crippen molar-refractivity contribution in [3.05, 3.63) is 12.3 Å². The maximum absolute atomic E-state index is 11.5. The van der Waals surface area contributed by atoms with Crippen molar-refractivity contribution in [2.45, 2.75) is 19.4 Å². The number of hydrogen-bond acceptors (Lipinski definition) is 4. The highest BCUT2D eigenvalue weighted by Crippen LogP contribution is 1.97. The first kappa shape index (κ1) is 13.8. The molecular formula is C10H18N2O3. The van der Waals surface area contributed by atoms with Gasteiger partial charge in [0.25, 0.3) is 0 Å². The molecule has 0 fully saturated rings. The lowest BCUT2D eigenvalue weighted by Gasteiger charge is -2.14. The molecule has 0 aromatic carbocycles. The Hall–Kier alpha value is -1.20. The molecule has 86 valence electrons. The quantitative estimate of drug-likeness (QED) is 0.670. The lowest BCUT2D eigenvalue weighted by atomic mass is 10.1. The van der Waals surface area contributed by atoms with Crippen LogP contribution in [0.3, 0.4) is 0 Å². The Morgan fingerprint density at radius 2 is 2.13 bits per heavy atom. The molecule has 2 N–H and O–H groups in total. The van der Waals surface area contributed by atoms with E-state index in [-0.39, 0.29) is 18.1 Å². The van der Waals surface area contributed by atoms with Gasteiger partial charge in [-0.15, -0.1) is 0 Å². The maximum atomic E-state index is 11.5. The highest BCUT2D eigenvalue weighted by Gasteiger charge is 2.15. The molecule has 15 heavy (non-hydrogen) atoms. The van der Waals surface area contributed by atoms with E-state index in [1.54, 1.807) is 26.4 Å². The summed E-state index contributed by atoms with van der Waals surface area (Å²) in [5, 5.41) is 0. The molecule has 1 unspecified atom stereocenters. The van der Waals surface area contributed by atoms with Crippen molar-refractivity contribution in [2.24, 2.45) is 5.73 Å². The van der Waals surface area contributed by atoms with Gasteiger partial charge in [-0.05, 0) is 13.0 Å². The van der Waals surface area contributed by atoms with Gasteiger partial charge in [0.1, 0.15) is 5.78 Å². The van der Waals surface area contributed by atoms with Crippen molar-refractivity contribution in [2.75, 3.05) is 20.8 Å². The minimum absolute atomic E-state index is 0.0309. The standard InChI is InChI=1S/C10H18N2O3/c1-8(13)9(11)7-10(14)12(2)5-4-6-15-3/h4-5,9H,6-7,11H2,1-3H3/b5-4+. The molecular weight excluding hydrogens is 196 g/mol. The Morgan fingerprint density at radius 1 is 1.53 bits per heavy atom. The fraction of sp³-hybridized carbons (Fsp3) is 0.600. The second-order valence-electron chi connectivity index (χ2n) is 3.27. The molecule has 0 aliphatic carbocycles. The molecule has 0 bridgehead atoms. The van der Waals surface area contributed by atoms with Gasteiger partial charge in [0.05, 0.1) is 12.6 Å². The second-order valence-corrected chi connectivity index (χ2v) is 3.27. The van der Waals surface area contributed by atoms with E-state index in [9.17, 15) is 9.59 Å². The lowest BCUT2D eigenvalue weighted by molar-refractivity contribution is -0.130.